The van der Waals surface area contributed by atoms with Crippen molar-refractivity contribution in [2.75, 3.05) is 13.1 Å². The van der Waals surface area contributed by atoms with Gasteiger partial charge in [0.05, 0.1) is 11.6 Å². The van der Waals surface area contributed by atoms with Gasteiger partial charge in [0.15, 0.2) is 0 Å². The summed E-state index contributed by atoms with van der Waals surface area (Å²) < 4.78 is 26.8. The second kappa shape index (κ2) is 7.33. The average Bonchev–Trinajstić information content (AvgIpc) is 3.27. The maximum Gasteiger partial charge on any atom is 0.252 e. The molecule has 1 aliphatic heterocycles. The quantitative estimate of drug-likeness (QED) is 0.807. The van der Waals surface area contributed by atoms with Crippen LogP contribution in [0.3, 0.4) is 0 Å². The van der Waals surface area contributed by atoms with Gasteiger partial charge in [-0.15, -0.1) is 11.3 Å². The van der Waals surface area contributed by atoms with Crippen LogP contribution < -0.4 is 5.32 Å². The molecule has 1 fully saturated rings. The molecule has 6 nitrogen and oxygen atoms in total. The highest BCUT2D eigenvalue weighted by atomic mass is 35.5. The summed E-state index contributed by atoms with van der Waals surface area (Å²) in [5.74, 6) is -0.438. The van der Waals surface area contributed by atoms with Crippen LogP contribution in [0.4, 0.5) is 0 Å². The Hall–Kier alpha value is -1.61. The molecule has 2 N–H and O–H groups in total. The monoisotopic (exact) mass is 400 g/mol. The summed E-state index contributed by atoms with van der Waals surface area (Å²) in [4.78, 5) is 12.9. The molecule has 0 radical (unpaired) electrons. The third-order valence-electron chi connectivity index (χ3n) is 3.93. The van der Waals surface area contributed by atoms with Crippen molar-refractivity contribution in [2.24, 2.45) is 0 Å². The number of amides is 1. The van der Waals surface area contributed by atoms with Crippen LogP contribution in [0.1, 0.15) is 28.1 Å². The number of carbonyl (C=O) groups is 1. The number of hydrogen-bond donors (Lipinski definition) is 2. The second-order valence-electron chi connectivity index (χ2n) is 5.68. The van der Waals surface area contributed by atoms with Gasteiger partial charge in [0, 0.05) is 23.5 Å². The highest BCUT2D eigenvalue weighted by molar-refractivity contribution is 7.91. The van der Waals surface area contributed by atoms with Gasteiger partial charge < -0.3 is 10.4 Å². The number of phenolic OH excluding ortho intramolecular Hbond substituents is 1. The fourth-order valence-electron chi connectivity index (χ4n) is 2.57. The van der Waals surface area contributed by atoms with Crippen LogP contribution in [-0.4, -0.2) is 36.8 Å². The lowest BCUT2D eigenvalue weighted by atomic mass is 10.2. The molecule has 0 atom stereocenters. The van der Waals surface area contributed by atoms with E-state index in [1.165, 1.54) is 22.5 Å². The molecule has 1 saturated heterocycles. The van der Waals surface area contributed by atoms with Crippen molar-refractivity contribution in [1.82, 2.24) is 9.62 Å². The molecular weight excluding hydrogens is 384 g/mol. The van der Waals surface area contributed by atoms with E-state index < -0.39 is 10.0 Å². The summed E-state index contributed by atoms with van der Waals surface area (Å²) in [5, 5.41) is 12.2. The van der Waals surface area contributed by atoms with Crippen molar-refractivity contribution in [3.05, 3.63) is 45.8 Å². The van der Waals surface area contributed by atoms with E-state index in [1.807, 2.05) is 0 Å². The van der Waals surface area contributed by atoms with Crippen LogP contribution >= 0.6 is 22.9 Å². The summed E-state index contributed by atoms with van der Waals surface area (Å²) in [6.45, 7) is 1.35. The third-order valence-corrected chi connectivity index (χ3v) is 7.68. The van der Waals surface area contributed by atoms with Gasteiger partial charge in [-0.2, -0.15) is 4.31 Å². The van der Waals surface area contributed by atoms with Gasteiger partial charge in [-0.25, -0.2) is 8.42 Å². The Kier molecular flexibility index (Phi) is 5.33. The van der Waals surface area contributed by atoms with Crippen molar-refractivity contribution in [3.8, 4) is 5.75 Å². The summed E-state index contributed by atoms with van der Waals surface area (Å²) in [7, 11) is -3.43. The van der Waals surface area contributed by atoms with Gasteiger partial charge in [0.1, 0.15) is 9.96 Å². The Labute approximate surface area is 155 Å². The Morgan fingerprint density at radius 1 is 1.24 bits per heavy atom. The zero-order chi connectivity index (χ0) is 18.0. The van der Waals surface area contributed by atoms with Crippen molar-refractivity contribution >= 4 is 38.9 Å². The van der Waals surface area contributed by atoms with Crippen LogP contribution in [0.2, 0.25) is 5.02 Å². The highest BCUT2D eigenvalue weighted by Crippen LogP contribution is 2.27. The predicted molar refractivity (Wildman–Crippen MR) is 96.6 cm³/mol. The number of hydrogen-bond acceptors (Lipinski definition) is 5. The van der Waals surface area contributed by atoms with Gasteiger partial charge in [-0.3, -0.25) is 4.79 Å². The first-order valence-electron chi connectivity index (χ1n) is 7.73. The Bertz CT molecular complexity index is 889. The number of phenols is 1. The average molecular weight is 401 g/mol. The highest BCUT2D eigenvalue weighted by Gasteiger charge is 2.28. The minimum absolute atomic E-state index is 0.0896. The molecule has 1 aliphatic rings. The zero-order valence-electron chi connectivity index (χ0n) is 13.2. The number of benzene rings is 1. The lowest BCUT2D eigenvalue weighted by molar-refractivity contribution is 0.0951. The van der Waals surface area contributed by atoms with E-state index in [-0.39, 0.29) is 23.2 Å². The number of carbonyl (C=O) groups excluding carboxylic acids is 1. The summed E-state index contributed by atoms with van der Waals surface area (Å²) in [6.07, 6.45) is 1.78. The molecule has 0 aliphatic carbocycles. The lowest BCUT2D eigenvalue weighted by Gasteiger charge is -2.13. The van der Waals surface area contributed by atoms with E-state index in [1.54, 1.807) is 12.1 Å². The molecule has 9 heteroatoms. The van der Waals surface area contributed by atoms with E-state index in [2.05, 4.69) is 5.32 Å². The number of nitrogens with zero attached hydrogens (tertiary/aromatic N) is 1. The van der Waals surface area contributed by atoms with E-state index in [4.69, 9.17) is 11.6 Å². The van der Waals surface area contributed by atoms with Crippen LogP contribution in [-0.2, 0) is 16.6 Å². The topological polar surface area (TPSA) is 86.7 Å². The van der Waals surface area contributed by atoms with Crippen molar-refractivity contribution in [2.45, 2.75) is 23.6 Å². The van der Waals surface area contributed by atoms with Gasteiger partial charge in [0.2, 0.25) is 0 Å². The molecule has 1 amide bonds. The molecule has 0 spiro atoms. The molecule has 2 heterocycles. The molecule has 1 aromatic heterocycles. The van der Waals surface area contributed by atoms with Crippen molar-refractivity contribution < 1.29 is 18.3 Å². The number of nitrogens with one attached hydrogen (secondary N) is 1. The molecule has 0 unspecified atom stereocenters. The first-order valence-corrected chi connectivity index (χ1v) is 10.4. The fourth-order valence-corrected chi connectivity index (χ4v) is 5.71. The predicted octanol–water partition coefficient (Wildman–Crippen LogP) is 2.82. The number of rotatable bonds is 5. The molecule has 3 rings (SSSR count). The van der Waals surface area contributed by atoms with E-state index in [0.717, 1.165) is 29.1 Å². The molecule has 2 aromatic rings. The summed E-state index contributed by atoms with van der Waals surface area (Å²) >= 11 is 6.95. The fraction of sp³-hybridized carbons (Fsp3) is 0.312. The first-order chi connectivity index (χ1) is 11.9. The minimum Gasteiger partial charge on any atom is -0.506 e. The summed E-state index contributed by atoms with van der Waals surface area (Å²) in [5.41, 5.74) is 0.323. The lowest BCUT2D eigenvalue weighted by Crippen LogP contribution is -2.27. The maximum absolute atomic E-state index is 12.5. The Balaban J connectivity index is 1.65. The molecule has 25 heavy (non-hydrogen) atoms. The Morgan fingerprint density at radius 3 is 2.64 bits per heavy atom. The standard InChI is InChI=1S/C16H17ClN2O4S2/c17-13-9-11(3-5-14(13)20)16(21)18-10-12-4-6-15(24-12)25(22,23)19-7-1-2-8-19/h3-6,9,20H,1-2,7-8,10H2,(H,18,21). The smallest absolute Gasteiger partial charge is 0.252 e. The van der Waals surface area contributed by atoms with Gasteiger partial charge in [0.25, 0.3) is 15.9 Å². The van der Waals surface area contributed by atoms with E-state index in [9.17, 15) is 18.3 Å². The van der Waals surface area contributed by atoms with Gasteiger partial charge in [-0.1, -0.05) is 11.6 Å². The van der Waals surface area contributed by atoms with E-state index >= 15 is 0 Å². The molecule has 0 bridgehead atoms. The molecule has 134 valence electrons. The molecule has 0 saturated carbocycles. The maximum atomic E-state index is 12.5. The van der Waals surface area contributed by atoms with Crippen molar-refractivity contribution in [3.63, 3.8) is 0 Å². The third kappa shape index (κ3) is 3.98. The largest absolute Gasteiger partial charge is 0.506 e. The number of aromatic hydroxyl groups is 1. The zero-order valence-corrected chi connectivity index (χ0v) is 15.6. The number of sulfonamides is 1. The number of halogens is 1. The van der Waals surface area contributed by atoms with Crippen LogP contribution in [0, 0.1) is 0 Å². The van der Waals surface area contributed by atoms with E-state index in [0.29, 0.717) is 22.9 Å². The second-order valence-corrected chi connectivity index (χ2v) is 9.42. The van der Waals surface area contributed by atoms with Crippen molar-refractivity contribution in [1.29, 1.82) is 0 Å². The Morgan fingerprint density at radius 2 is 1.96 bits per heavy atom. The number of thiophene rings is 1. The van der Waals surface area contributed by atoms with Gasteiger partial charge >= 0.3 is 0 Å². The van der Waals surface area contributed by atoms with Crippen LogP contribution in [0.25, 0.3) is 0 Å². The summed E-state index contributed by atoms with van der Waals surface area (Å²) in [6, 6.07) is 7.48. The SMILES string of the molecule is O=C(NCc1ccc(S(=O)(=O)N2CCCC2)s1)c1ccc(O)c(Cl)c1. The minimum atomic E-state index is -3.43. The first kappa shape index (κ1) is 18.2. The van der Waals surface area contributed by atoms with Crippen LogP contribution in [0.15, 0.2) is 34.5 Å². The van der Waals surface area contributed by atoms with Gasteiger partial charge in [-0.05, 0) is 43.2 Å². The molecule has 1 aromatic carbocycles. The normalized spacial score (nSPS) is 15.4. The van der Waals surface area contributed by atoms with Crippen LogP contribution in [0.5, 0.6) is 5.75 Å². The molecular formula is C16H17ClN2O4S2.